The van der Waals surface area contributed by atoms with Crippen LogP contribution in [0.25, 0.3) is 11.3 Å². The molecule has 0 bridgehead atoms. The Hall–Kier alpha value is -3.21. The van der Waals surface area contributed by atoms with Crippen LogP contribution in [0.2, 0.25) is 0 Å². The number of amides is 1. The molecule has 1 N–H and O–H groups in total. The number of carbonyl (C=O) groups excluding carboxylic acids is 1. The smallest absolute Gasteiger partial charge is 0.280 e. The lowest BCUT2D eigenvalue weighted by Crippen LogP contribution is -2.24. The SMILES string of the molecule is O=C(N=c1nc(-c2ccccc2)ccn1O)c1ccccc1. The van der Waals surface area contributed by atoms with Gasteiger partial charge in [-0.2, -0.15) is 9.72 Å². The van der Waals surface area contributed by atoms with Gasteiger partial charge in [0.05, 0.1) is 5.69 Å². The van der Waals surface area contributed by atoms with Gasteiger partial charge in [-0.05, 0) is 18.2 Å². The minimum absolute atomic E-state index is 0.0600. The van der Waals surface area contributed by atoms with Crippen LogP contribution in [0.5, 0.6) is 0 Å². The van der Waals surface area contributed by atoms with Crippen molar-refractivity contribution < 1.29 is 10.0 Å². The molecule has 0 atom stereocenters. The minimum Gasteiger partial charge on any atom is -0.425 e. The molecule has 0 fully saturated rings. The Balaban J connectivity index is 2.04. The second-order valence-corrected chi connectivity index (χ2v) is 4.61. The van der Waals surface area contributed by atoms with E-state index in [1.165, 1.54) is 6.20 Å². The number of benzene rings is 2. The fraction of sp³-hybridized carbons (Fsp3) is 0. The van der Waals surface area contributed by atoms with Gasteiger partial charge >= 0.3 is 0 Å². The lowest BCUT2D eigenvalue weighted by Gasteiger charge is -2.02. The van der Waals surface area contributed by atoms with Crippen LogP contribution in [0.15, 0.2) is 77.9 Å². The third-order valence-corrected chi connectivity index (χ3v) is 3.09. The van der Waals surface area contributed by atoms with Crippen LogP contribution in [-0.4, -0.2) is 20.8 Å². The standard InChI is InChI=1S/C17H13N3O2/c21-16(14-9-5-2-6-10-14)19-17-18-15(11-12-20(17)22)13-7-3-1-4-8-13/h1-12,22H. The fourth-order valence-electron chi connectivity index (χ4n) is 1.99. The van der Waals surface area contributed by atoms with Gasteiger partial charge in [-0.3, -0.25) is 4.79 Å². The number of aromatic nitrogens is 2. The summed E-state index contributed by atoms with van der Waals surface area (Å²) >= 11 is 0. The molecular formula is C17H13N3O2. The summed E-state index contributed by atoms with van der Waals surface area (Å²) in [6.45, 7) is 0. The Labute approximate surface area is 126 Å². The average molecular weight is 291 g/mol. The Morgan fingerprint density at radius 2 is 1.59 bits per heavy atom. The quantitative estimate of drug-likeness (QED) is 0.738. The van der Waals surface area contributed by atoms with E-state index in [4.69, 9.17) is 0 Å². The summed E-state index contributed by atoms with van der Waals surface area (Å²) in [4.78, 5) is 20.2. The van der Waals surface area contributed by atoms with Crippen molar-refractivity contribution in [2.45, 2.75) is 0 Å². The molecule has 5 heteroatoms. The number of carbonyl (C=O) groups is 1. The summed E-state index contributed by atoms with van der Waals surface area (Å²) in [5, 5.41) is 9.79. The van der Waals surface area contributed by atoms with Crippen molar-refractivity contribution in [2.24, 2.45) is 4.99 Å². The van der Waals surface area contributed by atoms with Crippen molar-refractivity contribution in [1.29, 1.82) is 0 Å². The Morgan fingerprint density at radius 1 is 0.955 bits per heavy atom. The molecule has 22 heavy (non-hydrogen) atoms. The predicted octanol–water partition coefficient (Wildman–Crippen LogP) is 2.53. The van der Waals surface area contributed by atoms with E-state index >= 15 is 0 Å². The molecule has 3 aromatic rings. The molecule has 0 aliphatic heterocycles. The molecule has 0 saturated carbocycles. The van der Waals surface area contributed by atoms with E-state index in [0.29, 0.717) is 11.3 Å². The van der Waals surface area contributed by atoms with Gasteiger partial charge in [0.15, 0.2) is 0 Å². The molecule has 108 valence electrons. The third-order valence-electron chi connectivity index (χ3n) is 3.09. The average Bonchev–Trinajstić information content (AvgIpc) is 2.58. The minimum atomic E-state index is -0.457. The summed E-state index contributed by atoms with van der Waals surface area (Å²) in [7, 11) is 0. The maximum Gasteiger partial charge on any atom is 0.280 e. The van der Waals surface area contributed by atoms with Gasteiger partial charge in [0, 0.05) is 17.3 Å². The van der Waals surface area contributed by atoms with Gasteiger partial charge in [-0.1, -0.05) is 48.5 Å². The zero-order valence-corrected chi connectivity index (χ0v) is 11.6. The van der Waals surface area contributed by atoms with Crippen molar-refractivity contribution in [1.82, 2.24) is 9.71 Å². The summed E-state index contributed by atoms with van der Waals surface area (Å²) in [6.07, 6.45) is 1.41. The molecule has 1 aromatic heterocycles. The van der Waals surface area contributed by atoms with Crippen molar-refractivity contribution in [3.63, 3.8) is 0 Å². The molecule has 0 saturated heterocycles. The summed E-state index contributed by atoms with van der Waals surface area (Å²) < 4.78 is 0.729. The molecule has 0 unspecified atom stereocenters. The largest absolute Gasteiger partial charge is 0.425 e. The van der Waals surface area contributed by atoms with Crippen LogP contribution >= 0.6 is 0 Å². The van der Waals surface area contributed by atoms with E-state index in [9.17, 15) is 10.0 Å². The highest BCUT2D eigenvalue weighted by Gasteiger charge is 2.05. The number of rotatable bonds is 2. The molecule has 0 aliphatic carbocycles. The van der Waals surface area contributed by atoms with Gasteiger partial charge in [0.2, 0.25) is 0 Å². The first-order chi connectivity index (χ1) is 10.7. The number of nitrogens with zero attached hydrogens (tertiary/aromatic N) is 3. The molecule has 0 aliphatic rings. The first-order valence-electron chi connectivity index (χ1n) is 6.72. The number of hydrogen-bond acceptors (Lipinski definition) is 3. The van der Waals surface area contributed by atoms with Gasteiger partial charge < -0.3 is 5.21 Å². The molecule has 1 amide bonds. The second-order valence-electron chi connectivity index (χ2n) is 4.61. The second kappa shape index (κ2) is 6.05. The van der Waals surface area contributed by atoms with Crippen molar-refractivity contribution in [3.05, 3.63) is 84.1 Å². The summed E-state index contributed by atoms with van der Waals surface area (Å²) in [5.74, 6) is -0.457. The van der Waals surface area contributed by atoms with E-state index in [2.05, 4.69) is 9.98 Å². The monoisotopic (exact) mass is 291 g/mol. The highest BCUT2D eigenvalue weighted by atomic mass is 16.5. The van der Waals surface area contributed by atoms with E-state index in [1.54, 1.807) is 30.3 Å². The van der Waals surface area contributed by atoms with E-state index in [0.717, 1.165) is 10.3 Å². The molecule has 1 heterocycles. The van der Waals surface area contributed by atoms with Crippen molar-refractivity contribution in [2.75, 3.05) is 0 Å². The highest BCUT2D eigenvalue weighted by molar-refractivity contribution is 5.94. The zero-order valence-electron chi connectivity index (χ0n) is 11.6. The highest BCUT2D eigenvalue weighted by Crippen LogP contribution is 2.13. The molecular weight excluding hydrogens is 278 g/mol. The molecule has 0 spiro atoms. The zero-order chi connectivity index (χ0) is 15.4. The van der Waals surface area contributed by atoms with E-state index in [1.807, 2.05) is 36.4 Å². The molecule has 2 aromatic carbocycles. The predicted molar refractivity (Wildman–Crippen MR) is 81.2 cm³/mol. The molecule has 3 rings (SSSR count). The summed E-state index contributed by atoms with van der Waals surface area (Å²) in [5.41, 5.74) is 1.89. The fourth-order valence-corrected chi connectivity index (χ4v) is 1.99. The van der Waals surface area contributed by atoms with Gasteiger partial charge in [0.25, 0.3) is 11.5 Å². The van der Waals surface area contributed by atoms with Crippen LogP contribution < -0.4 is 5.62 Å². The van der Waals surface area contributed by atoms with Crippen LogP contribution in [0.3, 0.4) is 0 Å². The molecule has 0 radical (unpaired) electrons. The van der Waals surface area contributed by atoms with Crippen molar-refractivity contribution in [3.8, 4) is 11.3 Å². The molecule has 5 nitrogen and oxygen atoms in total. The Morgan fingerprint density at radius 3 is 2.27 bits per heavy atom. The van der Waals surface area contributed by atoms with Crippen molar-refractivity contribution >= 4 is 5.91 Å². The normalized spacial score (nSPS) is 11.4. The summed E-state index contributed by atoms with van der Waals surface area (Å²) in [6, 6.07) is 19.8. The van der Waals surface area contributed by atoms with Crippen LogP contribution in [0.4, 0.5) is 0 Å². The maximum absolute atomic E-state index is 12.1. The topological polar surface area (TPSA) is 67.5 Å². The van der Waals surface area contributed by atoms with Crippen LogP contribution in [0, 0.1) is 0 Å². The van der Waals surface area contributed by atoms with Gasteiger partial charge in [0.1, 0.15) is 0 Å². The van der Waals surface area contributed by atoms with Gasteiger partial charge in [-0.15, -0.1) is 0 Å². The van der Waals surface area contributed by atoms with Gasteiger partial charge in [-0.25, -0.2) is 4.98 Å². The Bertz CT molecular complexity index is 856. The third kappa shape index (κ3) is 2.93. The van der Waals surface area contributed by atoms with Crippen LogP contribution in [-0.2, 0) is 0 Å². The first kappa shape index (κ1) is 13.8. The van der Waals surface area contributed by atoms with E-state index in [-0.39, 0.29) is 5.62 Å². The lowest BCUT2D eigenvalue weighted by atomic mass is 10.1. The van der Waals surface area contributed by atoms with E-state index < -0.39 is 5.91 Å². The number of hydrogen-bond donors (Lipinski definition) is 1. The maximum atomic E-state index is 12.1. The lowest BCUT2D eigenvalue weighted by molar-refractivity contribution is 0.0985. The Kier molecular flexibility index (Phi) is 3.78. The van der Waals surface area contributed by atoms with Crippen LogP contribution in [0.1, 0.15) is 10.4 Å². The first-order valence-corrected chi connectivity index (χ1v) is 6.72.